The van der Waals surface area contributed by atoms with Gasteiger partial charge < -0.3 is 14.0 Å². The molecule has 0 aliphatic heterocycles. The quantitative estimate of drug-likeness (QED) is 0.314. The summed E-state index contributed by atoms with van der Waals surface area (Å²) in [7, 11) is 0.261. The average molecular weight is 330 g/mol. The van der Waals surface area contributed by atoms with Gasteiger partial charge in [-0.3, -0.25) is 9.05 Å². The number of ether oxygens (including phenoxy) is 2. The minimum absolute atomic E-state index is 0.0618. The molecule has 7 nitrogen and oxygen atoms in total. The number of hydrogen-bond donors (Lipinski definition) is 0. The number of rotatable bonds is 8. The van der Waals surface area contributed by atoms with Crippen molar-refractivity contribution in [3.8, 4) is 5.75 Å². The first-order valence-electron chi connectivity index (χ1n) is 6.31. The highest BCUT2D eigenvalue weighted by Gasteiger charge is 2.24. The van der Waals surface area contributed by atoms with Gasteiger partial charge in [0.15, 0.2) is 0 Å². The Morgan fingerprint density at radius 3 is 2.23 bits per heavy atom. The summed E-state index contributed by atoms with van der Waals surface area (Å²) in [4.78, 5) is 11.6. The topological polar surface area (TPSA) is 80.3 Å². The third kappa shape index (κ3) is 5.89. The molecule has 0 atom stereocenters. The summed E-state index contributed by atoms with van der Waals surface area (Å²) in [6.07, 6.45) is 1.06. The van der Waals surface area contributed by atoms with Gasteiger partial charge in [-0.15, -0.1) is 0 Å². The van der Waals surface area contributed by atoms with E-state index in [2.05, 4.69) is 9.05 Å². The normalized spacial score (nSPS) is 11.9. The van der Waals surface area contributed by atoms with Gasteiger partial charge in [0.25, 0.3) is 0 Å². The molecule has 0 fully saturated rings. The summed E-state index contributed by atoms with van der Waals surface area (Å²) >= 11 is 0. The van der Waals surface area contributed by atoms with Gasteiger partial charge in [0.2, 0.25) is 0 Å². The van der Waals surface area contributed by atoms with Gasteiger partial charge in [-0.25, -0.2) is 9.36 Å². The molecule has 0 heterocycles. The van der Waals surface area contributed by atoms with Gasteiger partial charge in [0.1, 0.15) is 18.1 Å². The third-order valence-electron chi connectivity index (χ3n) is 2.56. The van der Waals surface area contributed by atoms with E-state index < -0.39 is 13.8 Å². The van der Waals surface area contributed by atoms with Crippen LogP contribution in [0.25, 0.3) is 0 Å². The molecule has 0 saturated carbocycles. The molecule has 0 aromatic heterocycles. The zero-order valence-electron chi connectivity index (χ0n) is 12.9. The minimum atomic E-state index is -3.67. The predicted molar refractivity (Wildman–Crippen MR) is 79.3 cm³/mol. The molecule has 1 rings (SSSR count). The third-order valence-corrected chi connectivity index (χ3v) is 3.97. The molecule has 8 heteroatoms. The SMILES string of the molecule is COc1ccc(COC(=O)/C=C(\C)OP(=O)(OC)OC)cc1. The lowest BCUT2D eigenvalue weighted by atomic mass is 10.2. The fraction of sp³-hybridized carbons (Fsp3) is 0.357. The van der Waals surface area contributed by atoms with E-state index in [1.54, 1.807) is 31.4 Å². The molecule has 1 aromatic carbocycles. The number of carbonyl (C=O) groups is 1. The molecule has 0 saturated heterocycles. The highest BCUT2D eigenvalue weighted by atomic mass is 31.2. The van der Waals surface area contributed by atoms with Crippen LogP contribution in [0.1, 0.15) is 12.5 Å². The first-order chi connectivity index (χ1) is 10.4. The molecule has 0 aliphatic carbocycles. The van der Waals surface area contributed by atoms with Crippen LogP contribution in [0.2, 0.25) is 0 Å². The predicted octanol–water partition coefficient (Wildman–Crippen LogP) is 3.06. The van der Waals surface area contributed by atoms with E-state index in [9.17, 15) is 9.36 Å². The van der Waals surface area contributed by atoms with Gasteiger partial charge in [-0.05, 0) is 24.6 Å². The van der Waals surface area contributed by atoms with Gasteiger partial charge in [-0.2, -0.15) is 0 Å². The van der Waals surface area contributed by atoms with E-state index in [0.717, 1.165) is 11.6 Å². The van der Waals surface area contributed by atoms with E-state index in [0.29, 0.717) is 5.75 Å². The van der Waals surface area contributed by atoms with Crippen molar-refractivity contribution in [2.45, 2.75) is 13.5 Å². The first kappa shape index (κ1) is 18.2. The summed E-state index contributed by atoms with van der Waals surface area (Å²) in [6, 6.07) is 7.09. The Labute approximate surface area is 129 Å². The van der Waals surface area contributed by atoms with Crippen LogP contribution in [0, 0.1) is 0 Å². The Morgan fingerprint density at radius 2 is 1.73 bits per heavy atom. The Balaban J connectivity index is 2.54. The Kier molecular flexibility index (Phi) is 7.11. The van der Waals surface area contributed by atoms with Crippen LogP contribution in [0.3, 0.4) is 0 Å². The number of benzene rings is 1. The van der Waals surface area contributed by atoms with Crippen LogP contribution in [0.4, 0.5) is 0 Å². The second kappa shape index (κ2) is 8.58. The van der Waals surface area contributed by atoms with Gasteiger partial charge in [0, 0.05) is 14.2 Å². The maximum atomic E-state index is 11.7. The standard InChI is InChI=1S/C14H19O7P/c1-11(21-22(16,18-3)19-4)9-14(15)20-10-12-5-7-13(17-2)8-6-12/h5-9H,10H2,1-4H3/b11-9+. The zero-order valence-corrected chi connectivity index (χ0v) is 13.8. The van der Waals surface area contributed by atoms with Crippen LogP contribution in [0.15, 0.2) is 36.1 Å². The summed E-state index contributed by atoms with van der Waals surface area (Å²) in [5.41, 5.74) is 0.806. The minimum Gasteiger partial charge on any atom is -0.497 e. The van der Waals surface area contributed by atoms with Crippen LogP contribution in [-0.2, 0) is 34.3 Å². The lowest BCUT2D eigenvalue weighted by Crippen LogP contribution is -2.03. The smallest absolute Gasteiger partial charge is 0.497 e. The molecule has 1 aromatic rings. The zero-order chi connectivity index (χ0) is 16.6. The van der Waals surface area contributed by atoms with E-state index in [4.69, 9.17) is 14.0 Å². The van der Waals surface area contributed by atoms with Gasteiger partial charge in [0.05, 0.1) is 13.2 Å². The molecule has 0 spiro atoms. The van der Waals surface area contributed by atoms with Crippen molar-refractivity contribution in [3.63, 3.8) is 0 Å². The van der Waals surface area contributed by atoms with Crippen molar-refractivity contribution in [2.24, 2.45) is 0 Å². The number of esters is 1. The van der Waals surface area contributed by atoms with Crippen LogP contribution >= 0.6 is 7.82 Å². The monoisotopic (exact) mass is 330 g/mol. The van der Waals surface area contributed by atoms with E-state index in [1.807, 2.05) is 0 Å². The van der Waals surface area contributed by atoms with Crippen LogP contribution < -0.4 is 4.74 Å². The van der Waals surface area contributed by atoms with Crippen LogP contribution in [-0.4, -0.2) is 27.3 Å². The first-order valence-corrected chi connectivity index (χ1v) is 7.77. The van der Waals surface area contributed by atoms with Gasteiger partial charge >= 0.3 is 13.8 Å². The molecule has 0 N–H and O–H groups in total. The lowest BCUT2D eigenvalue weighted by Gasteiger charge is -2.14. The second-order valence-electron chi connectivity index (χ2n) is 4.11. The number of phosphoric ester groups is 1. The van der Waals surface area contributed by atoms with E-state index in [-0.39, 0.29) is 12.4 Å². The fourth-order valence-electron chi connectivity index (χ4n) is 1.44. The maximum Gasteiger partial charge on any atom is 0.529 e. The number of carbonyl (C=O) groups excluding carboxylic acids is 1. The molecule has 22 heavy (non-hydrogen) atoms. The highest BCUT2D eigenvalue weighted by Crippen LogP contribution is 2.49. The van der Waals surface area contributed by atoms with E-state index >= 15 is 0 Å². The maximum absolute atomic E-state index is 11.7. The van der Waals surface area contributed by atoms with Crippen molar-refractivity contribution >= 4 is 13.8 Å². The van der Waals surface area contributed by atoms with Crippen molar-refractivity contribution in [1.29, 1.82) is 0 Å². The largest absolute Gasteiger partial charge is 0.529 e. The number of phosphoric acid groups is 1. The van der Waals surface area contributed by atoms with Crippen molar-refractivity contribution < 1.29 is 32.4 Å². The molecule has 0 radical (unpaired) electrons. The molecule has 0 amide bonds. The highest BCUT2D eigenvalue weighted by molar-refractivity contribution is 7.48. The average Bonchev–Trinajstić information content (AvgIpc) is 2.53. The van der Waals surface area contributed by atoms with Crippen molar-refractivity contribution in [1.82, 2.24) is 0 Å². The number of hydrogen-bond acceptors (Lipinski definition) is 7. The molecule has 0 aliphatic rings. The molecular formula is C14H19O7P. The van der Waals surface area contributed by atoms with E-state index in [1.165, 1.54) is 21.1 Å². The molecule has 122 valence electrons. The Bertz CT molecular complexity index is 557. The summed E-state index contributed by atoms with van der Waals surface area (Å²) in [6.45, 7) is 1.54. The molecular weight excluding hydrogens is 311 g/mol. The van der Waals surface area contributed by atoms with Crippen molar-refractivity contribution in [2.75, 3.05) is 21.3 Å². The fourth-order valence-corrected chi connectivity index (χ4v) is 2.14. The molecule has 0 bridgehead atoms. The molecule has 0 unspecified atom stereocenters. The Hall–Kier alpha value is -1.82. The number of allylic oxidation sites excluding steroid dienone is 1. The van der Waals surface area contributed by atoms with Crippen molar-refractivity contribution in [3.05, 3.63) is 41.7 Å². The summed E-state index contributed by atoms with van der Waals surface area (Å²) < 4.78 is 35.9. The Morgan fingerprint density at radius 1 is 1.14 bits per heavy atom. The summed E-state index contributed by atoms with van der Waals surface area (Å²) in [5.74, 6) is 0.146. The number of methoxy groups -OCH3 is 1. The second-order valence-corrected chi connectivity index (χ2v) is 5.92. The van der Waals surface area contributed by atoms with Gasteiger partial charge in [-0.1, -0.05) is 12.1 Å². The summed E-state index contributed by atoms with van der Waals surface area (Å²) in [5, 5.41) is 0. The lowest BCUT2D eigenvalue weighted by molar-refractivity contribution is -0.139. The van der Waals surface area contributed by atoms with Crippen LogP contribution in [0.5, 0.6) is 5.75 Å².